The molecule has 7 nitrogen and oxygen atoms in total. The molecule has 150 valence electrons. The van der Waals surface area contributed by atoms with Gasteiger partial charge in [0.05, 0.1) is 32.1 Å². The molecule has 0 radical (unpaired) electrons. The first kappa shape index (κ1) is 20.3. The van der Waals surface area contributed by atoms with Crippen LogP contribution in [0.2, 0.25) is 0 Å². The summed E-state index contributed by atoms with van der Waals surface area (Å²) in [6, 6.07) is 3.91. The van der Waals surface area contributed by atoms with Gasteiger partial charge in [-0.2, -0.15) is 4.98 Å². The lowest BCUT2D eigenvalue weighted by Gasteiger charge is -2.39. The predicted octanol–water partition coefficient (Wildman–Crippen LogP) is 2.27. The Morgan fingerprint density at radius 2 is 2.18 bits per heavy atom. The fraction of sp³-hybridized carbons (Fsp3) is 0.450. The number of carbonyl (C=O) groups excluding carboxylic acids is 1. The Balaban J connectivity index is 1.59. The van der Waals surface area contributed by atoms with Gasteiger partial charge >= 0.3 is 0 Å². The number of nitrogens with zero attached hydrogens (tertiary/aromatic N) is 5. The van der Waals surface area contributed by atoms with Crippen molar-refractivity contribution in [2.45, 2.75) is 19.5 Å². The van der Waals surface area contributed by atoms with E-state index in [4.69, 9.17) is 4.74 Å². The van der Waals surface area contributed by atoms with E-state index in [1.807, 2.05) is 23.3 Å². The Morgan fingerprint density at radius 1 is 1.39 bits per heavy atom. The van der Waals surface area contributed by atoms with E-state index in [9.17, 15) is 4.79 Å². The molecule has 1 unspecified atom stereocenters. The van der Waals surface area contributed by atoms with Crippen molar-refractivity contribution in [3.63, 3.8) is 0 Å². The van der Waals surface area contributed by atoms with Crippen LogP contribution in [0.5, 0.6) is 5.88 Å². The summed E-state index contributed by atoms with van der Waals surface area (Å²) in [7, 11) is 1.59. The van der Waals surface area contributed by atoms with Crippen molar-refractivity contribution in [1.29, 1.82) is 0 Å². The number of piperazine rings is 1. The summed E-state index contributed by atoms with van der Waals surface area (Å²) < 4.78 is 5.16. The van der Waals surface area contributed by atoms with Crippen molar-refractivity contribution in [3.05, 3.63) is 47.4 Å². The topological polar surface area (TPSA) is 61.8 Å². The first-order valence-corrected chi connectivity index (χ1v) is 10.3. The van der Waals surface area contributed by atoms with Gasteiger partial charge in [-0.1, -0.05) is 12.1 Å². The number of hydrogen-bond acceptors (Lipinski definition) is 7. The molecule has 0 aromatic carbocycles. The highest BCUT2D eigenvalue weighted by Gasteiger charge is 2.29. The van der Waals surface area contributed by atoms with E-state index >= 15 is 0 Å². The smallest absolute Gasteiger partial charge is 0.240 e. The van der Waals surface area contributed by atoms with E-state index in [0.717, 1.165) is 32.0 Å². The molecule has 3 rings (SSSR count). The number of anilines is 1. The minimum absolute atomic E-state index is 0.142. The monoisotopic (exact) mass is 401 g/mol. The molecule has 1 amide bonds. The summed E-state index contributed by atoms with van der Waals surface area (Å²) in [5.41, 5.74) is 0. The maximum absolute atomic E-state index is 13.1. The maximum atomic E-state index is 13.1. The average molecular weight is 402 g/mol. The summed E-state index contributed by atoms with van der Waals surface area (Å²) >= 11 is 1.67. The van der Waals surface area contributed by atoms with Crippen LogP contribution in [0.25, 0.3) is 0 Å². The van der Waals surface area contributed by atoms with Crippen molar-refractivity contribution in [2.75, 3.05) is 44.7 Å². The normalized spacial score (nSPS) is 15.9. The summed E-state index contributed by atoms with van der Waals surface area (Å²) in [5.74, 6) is 1.46. The Bertz CT molecular complexity index is 775. The molecule has 1 fully saturated rings. The van der Waals surface area contributed by atoms with E-state index in [2.05, 4.69) is 32.4 Å². The van der Waals surface area contributed by atoms with Crippen molar-refractivity contribution in [3.8, 4) is 5.88 Å². The highest BCUT2D eigenvalue weighted by molar-refractivity contribution is 7.09. The fourth-order valence-corrected chi connectivity index (χ4v) is 4.05. The summed E-state index contributed by atoms with van der Waals surface area (Å²) in [6.45, 7) is 10.2. The number of hydrogen-bond donors (Lipinski definition) is 0. The minimum atomic E-state index is -0.168. The Hall–Kier alpha value is -2.45. The van der Waals surface area contributed by atoms with Gasteiger partial charge in [0.1, 0.15) is 0 Å². The lowest BCUT2D eigenvalue weighted by Crippen LogP contribution is -2.54. The van der Waals surface area contributed by atoms with Crippen LogP contribution in [0.4, 0.5) is 5.82 Å². The summed E-state index contributed by atoms with van der Waals surface area (Å²) in [4.78, 5) is 29.2. The first-order chi connectivity index (χ1) is 13.6. The van der Waals surface area contributed by atoms with Gasteiger partial charge in [-0.15, -0.1) is 17.9 Å². The standard InChI is InChI=1S/C20H27N5O2S/c1-4-7-25(15-17-6-5-12-28-17)20(26)16(2)23-8-10-24(11-9-23)18-13-21-14-19(22-18)27-3/h4-6,12-14,16H,1,7-11,15H2,2-3H3. The number of carbonyl (C=O) groups is 1. The van der Waals surface area contributed by atoms with E-state index in [0.29, 0.717) is 19.0 Å². The molecular formula is C20H27N5O2S. The van der Waals surface area contributed by atoms with Gasteiger partial charge in [-0.3, -0.25) is 14.7 Å². The molecule has 1 saturated heterocycles. The molecule has 1 atom stereocenters. The second-order valence-electron chi connectivity index (χ2n) is 6.71. The molecule has 3 heterocycles. The van der Waals surface area contributed by atoms with Crippen LogP contribution in [0.1, 0.15) is 11.8 Å². The van der Waals surface area contributed by atoms with E-state index in [1.165, 1.54) is 4.88 Å². The zero-order chi connectivity index (χ0) is 19.9. The summed E-state index contributed by atoms with van der Waals surface area (Å²) in [6.07, 6.45) is 5.14. The van der Waals surface area contributed by atoms with Gasteiger partial charge < -0.3 is 14.5 Å². The third kappa shape index (κ3) is 4.88. The molecule has 1 aliphatic rings. The molecule has 8 heteroatoms. The number of aromatic nitrogens is 2. The third-order valence-corrected chi connectivity index (χ3v) is 5.80. The van der Waals surface area contributed by atoms with Crippen molar-refractivity contribution in [2.24, 2.45) is 0 Å². The molecule has 0 spiro atoms. The number of methoxy groups -OCH3 is 1. The zero-order valence-corrected chi connectivity index (χ0v) is 17.3. The van der Waals surface area contributed by atoms with Crippen LogP contribution in [-0.4, -0.2) is 71.6 Å². The summed E-state index contributed by atoms with van der Waals surface area (Å²) in [5, 5.41) is 2.04. The van der Waals surface area contributed by atoms with Crippen LogP contribution in [0.15, 0.2) is 42.6 Å². The van der Waals surface area contributed by atoms with Crippen LogP contribution >= 0.6 is 11.3 Å². The number of amides is 1. The third-order valence-electron chi connectivity index (χ3n) is 4.94. The van der Waals surface area contributed by atoms with E-state index < -0.39 is 0 Å². The van der Waals surface area contributed by atoms with Crippen LogP contribution in [-0.2, 0) is 11.3 Å². The quantitative estimate of drug-likeness (QED) is 0.633. The van der Waals surface area contributed by atoms with Gasteiger partial charge in [0.15, 0.2) is 5.82 Å². The minimum Gasteiger partial charge on any atom is -0.480 e. The van der Waals surface area contributed by atoms with Gasteiger partial charge in [-0.05, 0) is 18.4 Å². The molecule has 1 aliphatic heterocycles. The zero-order valence-electron chi connectivity index (χ0n) is 16.5. The Morgan fingerprint density at radius 3 is 2.82 bits per heavy atom. The average Bonchev–Trinajstić information content (AvgIpc) is 3.26. The van der Waals surface area contributed by atoms with Crippen LogP contribution in [0, 0.1) is 0 Å². The second kappa shape index (κ2) is 9.66. The van der Waals surface area contributed by atoms with Crippen molar-refractivity contribution >= 4 is 23.1 Å². The van der Waals surface area contributed by atoms with Gasteiger partial charge in [0, 0.05) is 37.6 Å². The molecular weight excluding hydrogens is 374 g/mol. The number of rotatable bonds is 8. The van der Waals surface area contributed by atoms with Gasteiger partial charge in [0.25, 0.3) is 0 Å². The SMILES string of the molecule is C=CCN(Cc1cccs1)C(=O)C(C)N1CCN(c2cncc(OC)n2)CC1. The fourth-order valence-electron chi connectivity index (χ4n) is 3.33. The number of ether oxygens (including phenoxy) is 1. The molecule has 2 aromatic heterocycles. The van der Waals surface area contributed by atoms with Crippen molar-refractivity contribution in [1.82, 2.24) is 19.8 Å². The predicted molar refractivity (Wildman–Crippen MR) is 112 cm³/mol. The van der Waals surface area contributed by atoms with Crippen LogP contribution in [0.3, 0.4) is 0 Å². The van der Waals surface area contributed by atoms with Crippen LogP contribution < -0.4 is 9.64 Å². The lowest BCUT2D eigenvalue weighted by molar-refractivity contribution is -0.136. The molecule has 2 aromatic rings. The highest BCUT2D eigenvalue weighted by atomic mass is 32.1. The van der Waals surface area contributed by atoms with Crippen molar-refractivity contribution < 1.29 is 9.53 Å². The molecule has 0 bridgehead atoms. The Kier molecular flexibility index (Phi) is 7.00. The van der Waals surface area contributed by atoms with Gasteiger partial charge in [-0.25, -0.2) is 0 Å². The highest BCUT2D eigenvalue weighted by Crippen LogP contribution is 2.18. The number of thiophene rings is 1. The van der Waals surface area contributed by atoms with E-state index in [-0.39, 0.29) is 11.9 Å². The van der Waals surface area contributed by atoms with E-state index in [1.54, 1.807) is 36.9 Å². The molecule has 0 saturated carbocycles. The largest absolute Gasteiger partial charge is 0.480 e. The second-order valence-corrected chi connectivity index (χ2v) is 7.74. The lowest BCUT2D eigenvalue weighted by atomic mass is 10.2. The molecule has 0 aliphatic carbocycles. The molecule has 0 N–H and O–H groups in total. The Labute approximate surface area is 170 Å². The first-order valence-electron chi connectivity index (χ1n) is 9.39. The van der Waals surface area contributed by atoms with Gasteiger partial charge in [0.2, 0.25) is 11.8 Å². The maximum Gasteiger partial charge on any atom is 0.240 e. The molecule has 28 heavy (non-hydrogen) atoms.